The highest BCUT2D eigenvalue weighted by Gasteiger charge is 2.40. The highest BCUT2D eigenvalue weighted by atomic mass is 16.6. The molecule has 0 aliphatic carbocycles. The fourth-order valence-electron chi connectivity index (χ4n) is 1.70. The molecule has 0 radical (unpaired) electrons. The molecule has 1 aromatic carbocycles. The smallest absolute Gasteiger partial charge is 0.349 e. The molecule has 0 spiro atoms. The van der Waals surface area contributed by atoms with Crippen LogP contribution in [0, 0.1) is 10.1 Å². The molecule has 0 aliphatic heterocycles. The van der Waals surface area contributed by atoms with E-state index in [9.17, 15) is 20.0 Å². The van der Waals surface area contributed by atoms with Crippen molar-refractivity contribution >= 4 is 5.97 Å². The summed E-state index contributed by atoms with van der Waals surface area (Å²) < 4.78 is 9.99. The Kier molecular flexibility index (Phi) is 7.21. The van der Waals surface area contributed by atoms with E-state index < -0.39 is 23.0 Å². The zero-order valence-electron chi connectivity index (χ0n) is 12.3. The normalized spacial score (nSPS) is 13.7. The summed E-state index contributed by atoms with van der Waals surface area (Å²) in [7, 11) is 0. The first kappa shape index (κ1) is 17.8. The predicted octanol–water partition coefficient (Wildman–Crippen LogP) is 1.33. The maximum atomic E-state index is 11.6. The Balaban J connectivity index is 2.54. The number of carbonyl (C=O) groups excluding carboxylic acids is 1. The van der Waals surface area contributed by atoms with Crippen LogP contribution in [0.1, 0.15) is 12.5 Å². The highest BCUT2D eigenvalue weighted by Crippen LogP contribution is 2.11. The lowest BCUT2D eigenvalue weighted by Gasteiger charge is -2.17. The van der Waals surface area contributed by atoms with Crippen LogP contribution in [0.25, 0.3) is 0 Å². The first-order valence-electron chi connectivity index (χ1n) is 6.78. The van der Waals surface area contributed by atoms with Gasteiger partial charge in [-0.1, -0.05) is 36.4 Å². The molecule has 120 valence electrons. The summed E-state index contributed by atoms with van der Waals surface area (Å²) in [6, 6.07) is 9.44. The zero-order valence-corrected chi connectivity index (χ0v) is 12.3. The second-order valence-electron chi connectivity index (χ2n) is 4.54. The minimum absolute atomic E-state index is 0.0250. The van der Waals surface area contributed by atoms with Crippen LogP contribution in [-0.4, -0.2) is 41.4 Å². The van der Waals surface area contributed by atoms with Crippen LogP contribution in [0.4, 0.5) is 0 Å². The summed E-state index contributed by atoms with van der Waals surface area (Å²) in [6.45, 7) is 1.09. The molecular formula is C15H19NO6. The number of rotatable bonds is 9. The van der Waals surface area contributed by atoms with Crippen LogP contribution < -0.4 is 0 Å². The van der Waals surface area contributed by atoms with E-state index in [1.807, 2.05) is 30.3 Å². The van der Waals surface area contributed by atoms with Crippen molar-refractivity contribution in [3.63, 3.8) is 0 Å². The van der Waals surface area contributed by atoms with Crippen LogP contribution in [0.5, 0.6) is 0 Å². The van der Waals surface area contributed by atoms with E-state index in [0.717, 1.165) is 11.6 Å². The Morgan fingerprint density at radius 1 is 1.41 bits per heavy atom. The molecule has 0 saturated heterocycles. The third-order valence-electron chi connectivity index (χ3n) is 2.72. The van der Waals surface area contributed by atoms with E-state index in [1.54, 1.807) is 6.92 Å². The average molecular weight is 309 g/mol. The van der Waals surface area contributed by atoms with Gasteiger partial charge in [-0.15, -0.1) is 0 Å². The molecule has 0 aliphatic rings. The largest absolute Gasteiger partial charge is 0.463 e. The Morgan fingerprint density at radius 2 is 2.09 bits per heavy atom. The van der Waals surface area contributed by atoms with E-state index in [-0.39, 0.29) is 13.2 Å². The summed E-state index contributed by atoms with van der Waals surface area (Å²) in [5, 5.41) is 20.6. The molecule has 1 atom stereocenters. The summed E-state index contributed by atoms with van der Waals surface area (Å²) >= 11 is 0. The minimum Gasteiger partial charge on any atom is -0.463 e. The molecule has 1 N–H and O–H groups in total. The first-order chi connectivity index (χ1) is 10.5. The van der Waals surface area contributed by atoms with Gasteiger partial charge >= 0.3 is 5.97 Å². The lowest BCUT2D eigenvalue weighted by atomic mass is 10.0. The van der Waals surface area contributed by atoms with Gasteiger partial charge in [-0.3, -0.25) is 10.1 Å². The molecule has 1 unspecified atom stereocenters. The van der Waals surface area contributed by atoms with Gasteiger partial charge in [-0.25, -0.2) is 4.79 Å². The van der Waals surface area contributed by atoms with Gasteiger partial charge in [0.2, 0.25) is 12.1 Å². The Labute approximate surface area is 128 Å². The minimum atomic E-state index is -2.28. The van der Waals surface area contributed by atoms with Crippen molar-refractivity contribution in [1.29, 1.82) is 0 Å². The summed E-state index contributed by atoms with van der Waals surface area (Å²) in [5.41, 5.74) is -1.31. The fraction of sp³-hybridized carbons (Fsp3) is 0.400. The molecule has 0 fully saturated rings. The number of carbonyl (C=O) groups is 1. The SMILES string of the molecule is CCOC(=O)C(O)(C=CCOCc1ccccc1)C[N+](=O)[O-]. The molecule has 1 rings (SSSR count). The quantitative estimate of drug-likeness (QED) is 0.243. The zero-order chi connectivity index (χ0) is 16.4. The lowest BCUT2D eigenvalue weighted by Crippen LogP contribution is -2.44. The molecule has 0 heterocycles. The molecule has 0 amide bonds. The van der Waals surface area contributed by atoms with E-state index >= 15 is 0 Å². The van der Waals surface area contributed by atoms with Crippen molar-refractivity contribution in [2.45, 2.75) is 19.1 Å². The number of ether oxygens (including phenoxy) is 2. The van der Waals surface area contributed by atoms with Gasteiger partial charge < -0.3 is 14.6 Å². The molecular weight excluding hydrogens is 290 g/mol. The Hall–Kier alpha value is -2.25. The number of aliphatic hydroxyl groups is 1. The Bertz CT molecular complexity index is 516. The number of hydrogen-bond donors (Lipinski definition) is 1. The maximum absolute atomic E-state index is 11.6. The predicted molar refractivity (Wildman–Crippen MR) is 78.7 cm³/mol. The van der Waals surface area contributed by atoms with Crippen LogP contribution in [0.3, 0.4) is 0 Å². The molecule has 7 heteroatoms. The van der Waals surface area contributed by atoms with Gasteiger partial charge in [-0.2, -0.15) is 0 Å². The average Bonchev–Trinajstić information content (AvgIpc) is 2.47. The van der Waals surface area contributed by atoms with Crippen molar-refractivity contribution in [3.05, 3.63) is 58.2 Å². The second-order valence-corrected chi connectivity index (χ2v) is 4.54. The number of esters is 1. The number of benzene rings is 1. The monoisotopic (exact) mass is 309 g/mol. The number of hydrogen-bond acceptors (Lipinski definition) is 6. The van der Waals surface area contributed by atoms with Gasteiger partial charge in [0, 0.05) is 4.92 Å². The van der Waals surface area contributed by atoms with Crippen LogP contribution >= 0.6 is 0 Å². The van der Waals surface area contributed by atoms with Crippen molar-refractivity contribution in [3.8, 4) is 0 Å². The lowest BCUT2D eigenvalue weighted by molar-refractivity contribution is -0.494. The van der Waals surface area contributed by atoms with Crippen LogP contribution in [0.15, 0.2) is 42.5 Å². The van der Waals surface area contributed by atoms with Gasteiger partial charge in [-0.05, 0) is 18.6 Å². The third kappa shape index (κ3) is 6.02. The molecule has 0 bridgehead atoms. The molecule has 0 aromatic heterocycles. The van der Waals surface area contributed by atoms with Gasteiger partial charge in [0.15, 0.2) is 0 Å². The van der Waals surface area contributed by atoms with Crippen LogP contribution in [0.2, 0.25) is 0 Å². The van der Waals surface area contributed by atoms with Gasteiger partial charge in [0.25, 0.3) is 0 Å². The molecule has 0 saturated carbocycles. The van der Waals surface area contributed by atoms with E-state index in [2.05, 4.69) is 4.74 Å². The van der Waals surface area contributed by atoms with Crippen molar-refractivity contribution in [2.24, 2.45) is 0 Å². The van der Waals surface area contributed by atoms with E-state index in [1.165, 1.54) is 6.08 Å². The summed E-state index contributed by atoms with van der Waals surface area (Å²) in [5.74, 6) is -1.05. The topological polar surface area (TPSA) is 98.9 Å². The van der Waals surface area contributed by atoms with Gasteiger partial charge in [0.1, 0.15) is 0 Å². The molecule has 7 nitrogen and oxygen atoms in total. The third-order valence-corrected chi connectivity index (χ3v) is 2.72. The standard InChI is InChI=1S/C15H19NO6/c1-2-22-14(17)15(18,12-16(19)20)9-6-10-21-11-13-7-4-3-5-8-13/h3-9,18H,2,10-12H2,1H3. The fourth-order valence-corrected chi connectivity index (χ4v) is 1.70. The van der Waals surface area contributed by atoms with Crippen molar-refractivity contribution < 1.29 is 24.3 Å². The number of nitro groups is 1. The van der Waals surface area contributed by atoms with Crippen LogP contribution in [-0.2, 0) is 20.9 Å². The van der Waals surface area contributed by atoms with E-state index in [0.29, 0.717) is 6.61 Å². The first-order valence-corrected chi connectivity index (χ1v) is 6.78. The highest BCUT2D eigenvalue weighted by molar-refractivity contribution is 5.81. The maximum Gasteiger partial charge on any atom is 0.349 e. The Morgan fingerprint density at radius 3 is 2.68 bits per heavy atom. The van der Waals surface area contributed by atoms with Crippen molar-refractivity contribution in [1.82, 2.24) is 0 Å². The van der Waals surface area contributed by atoms with E-state index in [4.69, 9.17) is 4.74 Å². The number of nitrogens with zero attached hydrogens (tertiary/aromatic N) is 1. The van der Waals surface area contributed by atoms with Crippen molar-refractivity contribution in [2.75, 3.05) is 19.8 Å². The summed E-state index contributed by atoms with van der Waals surface area (Å²) in [6.07, 6.45) is 2.40. The second kappa shape index (κ2) is 8.91. The molecule has 1 aromatic rings. The van der Waals surface area contributed by atoms with Gasteiger partial charge in [0.05, 0.1) is 19.8 Å². The molecule has 22 heavy (non-hydrogen) atoms. The summed E-state index contributed by atoms with van der Waals surface area (Å²) in [4.78, 5) is 21.4.